The van der Waals surface area contributed by atoms with Gasteiger partial charge in [-0.1, -0.05) is 6.92 Å². The van der Waals surface area contributed by atoms with Crippen LogP contribution in [0.1, 0.15) is 26.1 Å². The number of nitrogens with two attached hydrogens (primary N) is 1. The first kappa shape index (κ1) is 11.9. The molecule has 1 heterocycles. The summed E-state index contributed by atoms with van der Waals surface area (Å²) in [5.41, 5.74) is 7.82. The van der Waals surface area contributed by atoms with Gasteiger partial charge in [0.25, 0.3) is 0 Å². The number of fused-ring (bicyclic) bond motifs is 1. The number of nitrogens with zero attached hydrogens (tertiary/aromatic N) is 2. The van der Waals surface area contributed by atoms with Gasteiger partial charge in [0.2, 0.25) is 0 Å². The molecular weight excluding hydrogens is 214 g/mol. The third-order valence-corrected chi connectivity index (χ3v) is 2.74. The van der Waals surface area contributed by atoms with Crippen LogP contribution in [0.15, 0.2) is 18.2 Å². The monoisotopic (exact) mass is 233 g/mol. The van der Waals surface area contributed by atoms with Crippen molar-refractivity contribution in [3.05, 3.63) is 24.0 Å². The molecule has 1 aromatic carbocycles. The summed E-state index contributed by atoms with van der Waals surface area (Å²) in [7, 11) is 0. The topological polar surface area (TPSA) is 53.1 Å². The summed E-state index contributed by atoms with van der Waals surface area (Å²) >= 11 is 0. The third kappa shape index (κ3) is 2.26. The Balaban J connectivity index is 2.49. The molecular formula is C13H19N3O. The zero-order valence-corrected chi connectivity index (χ0v) is 10.4. The van der Waals surface area contributed by atoms with Gasteiger partial charge in [-0.25, -0.2) is 4.98 Å². The second-order valence-corrected chi connectivity index (χ2v) is 3.97. The van der Waals surface area contributed by atoms with E-state index in [9.17, 15) is 0 Å². The molecule has 4 nitrogen and oxygen atoms in total. The van der Waals surface area contributed by atoms with E-state index in [2.05, 4.69) is 22.5 Å². The van der Waals surface area contributed by atoms with Crippen LogP contribution in [0, 0.1) is 0 Å². The molecule has 4 heteroatoms. The zero-order chi connectivity index (χ0) is 12.3. The molecule has 0 bridgehead atoms. The molecule has 0 unspecified atom stereocenters. The Kier molecular flexibility index (Phi) is 3.64. The summed E-state index contributed by atoms with van der Waals surface area (Å²) in [4.78, 5) is 4.55. The minimum Gasteiger partial charge on any atom is -0.494 e. The Hall–Kier alpha value is -1.55. The van der Waals surface area contributed by atoms with Crippen molar-refractivity contribution in [2.45, 2.75) is 33.4 Å². The second kappa shape index (κ2) is 5.19. The SMILES string of the molecule is CCCn1c(CN)nc2cc(OCC)ccc21. The summed E-state index contributed by atoms with van der Waals surface area (Å²) in [6.45, 7) is 6.23. The van der Waals surface area contributed by atoms with Gasteiger partial charge < -0.3 is 15.0 Å². The Labute approximate surface area is 101 Å². The van der Waals surface area contributed by atoms with Gasteiger partial charge >= 0.3 is 0 Å². The van der Waals surface area contributed by atoms with Crippen LogP contribution in [-0.2, 0) is 13.1 Å². The van der Waals surface area contributed by atoms with Crippen molar-refractivity contribution in [3.8, 4) is 5.75 Å². The quantitative estimate of drug-likeness (QED) is 0.862. The fraction of sp³-hybridized carbons (Fsp3) is 0.462. The van der Waals surface area contributed by atoms with E-state index in [1.54, 1.807) is 0 Å². The van der Waals surface area contributed by atoms with Gasteiger partial charge in [0, 0.05) is 12.6 Å². The molecule has 0 saturated heterocycles. The standard InChI is InChI=1S/C13H19N3O/c1-3-7-16-12-6-5-10(17-4-2)8-11(12)15-13(16)9-14/h5-6,8H,3-4,7,9,14H2,1-2H3. The van der Waals surface area contributed by atoms with Gasteiger partial charge in [-0.3, -0.25) is 0 Å². The lowest BCUT2D eigenvalue weighted by Crippen LogP contribution is -2.08. The van der Waals surface area contributed by atoms with Crippen molar-refractivity contribution in [3.63, 3.8) is 0 Å². The van der Waals surface area contributed by atoms with Crippen molar-refractivity contribution in [2.75, 3.05) is 6.61 Å². The first-order valence-corrected chi connectivity index (χ1v) is 6.12. The third-order valence-electron chi connectivity index (χ3n) is 2.74. The largest absolute Gasteiger partial charge is 0.494 e. The minimum atomic E-state index is 0.471. The van der Waals surface area contributed by atoms with Crippen LogP contribution >= 0.6 is 0 Å². The van der Waals surface area contributed by atoms with Crippen molar-refractivity contribution in [1.29, 1.82) is 0 Å². The lowest BCUT2D eigenvalue weighted by atomic mass is 10.3. The molecule has 92 valence electrons. The first-order chi connectivity index (χ1) is 8.30. The number of aromatic nitrogens is 2. The van der Waals surface area contributed by atoms with Crippen LogP contribution in [-0.4, -0.2) is 16.2 Å². The Morgan fingerprint density at radius 1 is 1.35 bits per heavy atom. The molecule has 2 N–H and O–H groups in total. The number of hydrogen-bond acceptors (Lipinski definition) is 3. The maximum atomic E-state index is 5.73. The van der Waals surface area contributed by atoms with Gasteiger partial charge in [-0.2, -0.15) is 0 Å². The van der Waals surface area contributed by atoms with Crippen LogP contribution in [0.2, 0.25) is 0 Å². The van der Waals surface area contributed by atoms with Gasteiger partial charge in [0.1, 0.15) is 11.6 Å². The van der Waals surface area contributed by atoms with Crippen LogP contribution in [0.25, 0.3) is 11.0 Å². The highest BCUT2D eigenvalue weighted by Crippen LogP contribution is 2.22. The Morgan fingerprint density at radius 3 is 2.82 bits per heavy atom. The number of hydrogen-bond donors (Lipinski definition) is 1. The molecule has 0 radical (unpaired) electrons. The summed E-state index contributed by atoms with van der Waals surface area (Å²) < 4.78 is 7.66. The van der Waals surface area contributed by atoms with Gasteiger partial charge in [-0.15, -0.1) is 0 Å². The average Bonchev–Trinajstić information content (AvgIpc) is 2.68. The first-order valence-electron chi connectivity index (χ1n) is 6.12. The van der Waals surface area contributed by atoms with Crippen LogP contribution in [0.5, 0.6) is 5.75 Å². The van der Waals surface area contributed by atoms with Gasteiger partial charge in [0.15, 0.2) is 0 Å². The van der Waals surface area contributed by atoms with E-state index in [-0.39, 0.29) is 0 Å². The van der Waals surface area contributed by atoms with E-state index in [0.29, 0.717) is 13.2 Å². The maximum Gasteiger partial charge on any atom is 0.123 e. The fourth-order valence-corrected chi connectivity index (χ4v) is 2.04. The molecule has 1 aromatic heterocycles. The Bertz CT molecular complexity index is 505. The van der Waals surface area contributed by atoms with E-state index in [1.807, 2.05) is 19.1 Å². The number of benzene rings is 1. The van der Waals surface area contributed by atoms with E-state index in [1.165, 1.54) is 0 Å². The predicted octanol–water partition coefficient (Wildman–Crippen LogP) is 2.30. The summed E-state index contributed by atoms with van der Waals surface area (Å²) in [6.07, 6.45) is 1.08. The van der Waals surface area contributed by atoms with Crippen molar-refractivity contribution in [2.24, 2.45) is 5.73 Å². The van der Waals surface area contributed by atoms with Crippen LogP contribution < -0.4 is 10.5 Å². The lowest BCUT2D eigenvalue weighted by Gasteiger charge is -2.06. The summed E-state index contributed by atoms with van der Waals surface area (Å²) in [6, 6.07) is 6.02. The molecule has 0 fully saturated rings. The van der Waals surface area contributed by atoms with E-state index in [0.717, 1.165) is 35.6 Å². The Morgan fingerprint density at radius 2 is 2.18 bits per heavy atom. The molecule has 0 aliphatic heterocycles. The molecule has 0 spiro atoms. The summed E-state index contributed by atoms with van der Waals surface area (Å²) in [5.74, 6) is 1.81. The number of ether oxygens (including phenoxy) is 1. The highest BCUT2D eigenvalue weighted by Gasteiger charge is 2.09. The van der Waals surface area contributed by atoms with Crippen LogP contribution in [0.3, 0.4) is 0 Å². The van der Waals surface area contributed by atoms with E-state index < -0.39 is 0 Å². The second-order valence-electron chi connectivity index (χ2n) is 3.97. The van der Waals surface area contributed by atoms with Crippen molar-refractivity contribution < 1.29 is 4.74 Å². The molecule has 17 heavy (non-hydrogen) atoms. The fourth-order valence-electron chi connectivity index (χ4n) is 2.04. The predicted molar refractivity (Wildman–Crippen MR) is 69.1 cm³/mol. The highest BCUT2D eigenvalue weighted by atomic mass is 16.5. The zero-order valence-electron chi connectivity index (χ0n) is 10.4. The maximum absolute atomic E-state index is 5.73. The number of rotatable bonds is 5. The van der Waals surface area contributed by atoms with E-state index >= 15 is 0 Å². The average molecular weight is 233 g/mol. The highest BCUT2D eigenvalue weighted by molar-refractivity contribution is 5.77. The molecule has 0 saturated carbocycles. The molecule has 0 aliphatic rings. The molecule has 0 amide bonds. The molecule has 2 aromatic rings. The smallest absolute Gasteiger partial charge is 0.123 e. The van der Waals surface area contributed by atoms with Gasteiger partial charge in [-0.05, 0) is 25.5 Å². The molecule has 0 aliphatic carbocycles. The number of aryl methyl sites for hydroxylation is 1. The lowest BCUT2D eigenvalue weighted by molar-refractivity contribution is 0.340. The minimum absolute atomic E-state index is 0.471. The molecule has 2 rings (SSSR count). The van der Waals surface area contributed by atoms with Crippen molar-refractivity contribution >= 4 is 11.0 Å². The van der Waals surface area contributed by atoms with Gasteiger partial charge in [0.05, 0.1) is 24.2 Å². The van der Waals surface area contributed by atoms with E-state index in [4.69, 9.17) is 10.5 Å². The summed E-state index contributed by atoms with van der Waals surface area (Å²) in [5, 5.41) is 0. The van der Waals surface area contributed by atoms with Crippen LogP contribution in [0.4, 0.5) is 0 Å². The number of imidazole rings is 1. The normalized spacial score (nSPS) is 11.0. The van der Waals surface area contributed by atoms with Crippen molar-refractivity contribution in [1.82, 2.24) is 9.55 Å². The molecule has 0 atom stereocenters.